The molecule has 0 spiro atoms. The smallest absolute Gasteiger partial charge is 0.239 e. The van der Waals surface area contributed by atoms with Crippen LogP contribution in [0.25, 0.3) is 0 Å². The van der Waals surface area contributed by atoms with Crippen LogP contribution in [0.5, 0.6) is 5.88 Å². The monoisotopic (exact) mass is 279 g/mol. The van der Waals surface area contributed by atoms with E-state index >= 15 is 0 Å². The van der Waals surface area contributed by atoms with Gasteiger partial charge >= 0.3 is 0 Å². The van der Waals surface area contributed by atoms with Gasteiger partial charge in [-0.25, -0.2) is 0 Å². The number of nitrogens with two attached hydrogens (primary N) is 1. The van der Waals surface area contributed by atoms with E-state index < -0.39 is 0 Å². The van der Waals surface area contributed by atoms with Crippen LogP contribution in [0.15, 0.2) is 12.1 Å². The van der Waals surface area contributed by atoms with Gasteiger partial charge in [0.2, 0.25) is 5.88 Å². The molecule has 1 aromatic rings. The SMILES string of the molecule is COC1CCCN(c2ccc(N)c(OCC(C)C)n2)C1. The number of hydrogen-bond donors (Lipinski definition) is 1. The third-order valence-electron chi connectivity index (χ3n) is 3.46. The van der Waals surface area contributed by atoms with Gasteiger partial charge in [0.15, 0.2) is 0 Å². The topological polar surface area (TPSA) is 60.6 Å². The van der Waals surface area contributed by atoms with Crippen LogP contribution < -0.4 is 15.4 Å². The lowest BCUT2D eigenvalue weighted by Gasteiger charge is -2.33. The Balaban J connectivity index is 2.09. The van der Waals surface area contributed by atoms with Crippen LogP contribution in [0, 0.1) is 5.92 Å². The summed E-state index contributed by atoms with van der Waals surface area (Å²) >= 11 is 0. The second kappa shape index (κ2) is 6.79. The minimum absolute atomic E-state index is 0.281. The van der Waals surface area contributed by atoms with E-state index in [2.05, 4.69) is 23.7 Å². The standard InChI is InChI=1S/C15H25N3O2/c1-11(2)10-20-15-13(16)6-7-14(17-15)18-8-4-5-12(9-18)19-3/h6-7,11-12H,4-5,8-10,16H2,1-3H3. The molecule has 0 amide bonds. The summed E-state index contributed by atoms with van der Waals surface area (Å²) in [6, 6.07) is 3.82. The number of nitrogens with zero attached hydrogens (tertiary/aromatic N) is 2. The first-order valence-corrected chi connectivity index (χ1v) is 7.27. The predicted octanol–water partition coefficient (Wildman–Crippen LogP) is 2.31. The van der Waals surface area contributed by atoms with Gasteiger partial charge in [-0.2, -0.15) is 4.98 Å². The van der Waals surface area contributed by atoms with Gasteiger partial charge in [-0.15, -0.1) is 0 Å². The van der Waals surface area contributed by atoms with E-state index in [0.717, 1.165) is 31.7 Å². The molecule has 2 N–H and O–H groups in total. The van der Waals surface area contributed by atoms with Crippen LogP contribution in [-0.4, -0.2) is 37.9 Å². The Labute approximate surface area is 121 Å². The molecule has 2 heterocycles. The lowest BCUT2D eigenvalue weighted by molar-refractivity contribution is 0.0891. The number of ether oxygens (including phenoxy) is 2. The highest BCUT2D eigenvalue weighted by atomic mass is 16.5. The van der Waals surface area contributed by atoms with Crippen molar-refractivity contribution >= 4 is 11.5 Å². The molecule has 5 nitrogen and oxygen atoms in total. The molecule has 20 heavy (non-hydrogen) atoms. The first kappa shape index (κ1) is 14.9. The molecule has 0 bridgehead atoms. The molecule has 1 unspecified atom stereocenters. The van der Waals surface area contributed by atoms with E-state index in [0.29, 0.717) is 24.1 Å². The third-order valence-corrected chi connectivity index (χ3v) is 3.46. The Morgan fingerprint density at radius 2 is 2.25 bits per heavy atom. The van der Waals surface area contributed by atoms with Crippen molar-refractivity contribution in [3.63, 3.8) is 0 Å². The minimum Gasteiger partial charge on any atom is -0.476 e. The van der Waals surface area contributed by atoms with Gasteiger partial charge in [-0.3, -0.25) is 0 Å². The Morgan fingerprint density at radius 3 is 2.95 bits per heavy atom. The fourth-order valence-corrected chi connectivity index (χ4v) is 2.32. The normalized spacial score (nSPS) is 19.4. The Hall–Kier alpha value is -1.49. The second-order valence-electron chi connectivity index (χ2n) is 5.71. The van der Waals surface area contributed by atoms with Crippen molar-refractivity contribution in [3.05, 3.63) is 12.1 Å². The van der Waals surface area contributed by atoms with Crippen molar-refractivity contribution < 1.29 is 9.47 Å². The zero-order chi connectivity index (χ0) is 14.5. The lowest BCUT2D eigenvalue weighted by Crippen LogP contribution is -2.39. The minimum atomic E-state index is 0.281. The maximum atomic E-state index is 5.93. The maximum Gasteiger partial charge on any atom is 0.239 e. The van der Waals surface area contributed by atoms with Gasteiger partial charge in [-0.05, 0) is 30.9 Å². The number of piperidine rings is 1. The molecule has 1 fully saturated rings. The van der Waals surface area contributed by atoms with Gasteiger partial charge in [0.25, 0.3) is 0 Å². The Morgan fingerprint density at radius 1 is 1.45 bits per heavy atom. The van der Waals surface area contributed by atoms with Crippen molar-refractivity contribution in [2.24, 2.45) is 5.92 Å². The number of pyridine rings is 1. The predicted molar refractivity (Wildman–Crippen MR) is 81.2 cm³/mol. The van der Waals surface area contributed by atoms with Gasteiger partial charge in [0.05, 0.1) is 18.4 Å². The van der Waals surface area contributed by atoms with Gasteiger partial charge in [0, 0.05) is 20.2 Å². The molecule has 1 aromatic heterocycles. The van der Waals surface area contributed by atoms with E-state index in [-0.39, 0.29) is 6.10 Å². The molecule has 1 aliphatic heterocycles. The Kier molecular flexibility index (Phi) is 5.06. The molecule has 0 saturated carbocycles. The number of rotatable bonds is 5. The zero-order valence-corrected chi connectivity index (χ0v) is 12.6. The molecular formula is C15H25N3O2. The van der Waals surface area contributed by atoms with Crippen molar-refractivity contribution in [2.75, 3.05) is 37.4 Å². The summed E-state index contributed by atoms with van der Waals surface area (Å²) < 4.78 is 11.1. The molecule has 2 rings (SSSR count). The highest BCUT2D eigenvalue weighted by molar-refractivity contribution is 5.54. The van der Waals surface area contributed by atoms with Crippen molar-refractivity contribution in [1.29, 1.82) is 0 Å². The zero-order valence-electron chi connectivity index (χ0n) is 12.6. The molecular weight excluding hydrogens is 254 g/mol. The van der Waals surface area contributed by atoms with Crippen LogP contribution in [0.1, 0.15) is 26.7 Å². The third kappa shape index (κ3) is 3.76. The number of nitrogen functional groups attached to an aromatic ring is 1. The van der Waals surface area contributed by atoms with E-state index in [1.165, 1.54) is 0 Å². The van der Waals surface area contributed by atoms with E-state index in [1.807, 2.05) is 12.1 Å². The molecule has 1 atom stereocenters. The summed E-state index contributed by atoms with van der Waals surface area (Å²) in [5.41, 5.74) is 6.52. The molecule has 0 radical (unpaired) electrons. The van der Waals surface area contributed by atoms with Crippen molar-refractivity contribution in [1.82, 2.24) is 4.98 Å². The summed E-state index contributed by atoms with van der Waals surface area (Å²) in [6.45, 7) is 6.71. The first-order valence-electron chi connectivity index (χ1n) is 7.27. The molecule has 5 heteroatoms. The number of aromatic nitrogens is 1. The molecule has 1 aliphatic rings. The van der Waals surface area contributed by atoms with E-state index in [4.69, 9.17) is 15.2 Å². The first-order chi connectivity index (χ1) is 9.60. The van der Waals surface area contributed by atoms with Crippen LogP contribution in [0.2, 0.25) is 0 Å². The van der Waals surface area contributed by atoms with Gasteiger partial charge in [-0.1, -0.05) is 13.8 Å². The highest BCUT2D eigenvalue weighted by Gasteiger charge is 2.21. The van der Waals surface area contributed by atoms with Gasteiger partial charge in [0.1, 0.15) is 5.82 Å². The molecule has 1 saturated heterocycles. The molecule has 112 valence electrons. The summed E-state index contributed by atoms with van der Waals surface area (Å²) in [5.74, 6) is 1.91. The highest BCUT2D eigenvalue weighted by Crippen LogP contribution is 2.26. The maximum absolute atomic E-state index is 5.93. The largest absolute Gasteiger partial charge is 0.476 e. The van der Waals surface area contributed by atoms with E-state index in [1.54, 1.807) is 7.11 Å². The van der Waals surface area contributed by atoms with Gasteiger partial charge < -0.3 is 20.1 Å². The van der Waals surface area contributed by atoms with Crippen LogP contribution >= 0.6 is 0 Å². The fraction of sp³-hybridized carbons (Fsp3) is 0.667. The summed E-state index contributed by atoms with van der Waals surface area (Å²) in [4.78, 5) is 6.80. The van der Waals surface area contributed by atoms with Crippen LogP contribution in [0.3, 0.4) is 0 Å². The van der Waals surface area contributed by atoms with E-state index in [9.17, 15) is 0 Å². The summed E-state index contributed by atoms with van der Waals surface area (Å²) in [5, 5.41) is 0. The number of hydrogen-bond acceptors (Lipinski definition) is 5. The second-order valence-corrected chi connectivity index (χ2v) is 5.71. The number of methoxy groups -OCH3 is 1. The van der Waals surface area contributed by atoms with Crippen LogP contribution in [0.4, 0.5) is 11.5 Å². The summed E-state index contributed by atoms with van der Waals surface area (Å²) in [7, 11) is 1.77. The fourth-order valence-electron chi connectivity index (χ4n) is 2.32. The molecule has 0 aromatic carbocycles. The summed E-state index contributed by atoms with van der Waals surface area (Å²) in [6.07, 6.45) is 2.51. The quantitative estimate of drug-likeness (QED) is 0.896. The van der Waals surface area contributed by atoms with Crippen molar-refractivity contribution in [3.8, 4) is 5.88 Å². The number of anilines is 2. The van der Waals surface area contributed by atoms with Crippen molar-refractivity contribution in [2.45, 2.75) is 32.8 Å². The molecule has 0 aliphatic carbocycles. The lowest BCUT2D eigenvalue weighted by atomic mass is 10.1. The average molecular weight is 279 g/mol. The Bertz CT molecular complexity index is 437. The average Bonchev–Trinajstić information content (AvgIpc) is 2.46. The van der Waals surface area contributed by atoms with Crippen LogP contribution in [-0.2, 0) is 4.74 Å².